The largest absolute Gasteiger partial charge is 0.381 e. The molecule has 0 heterocycles. The summed E-state index contributed by atoms with van der Waals surface area (Å²) in [6.07, 6.45) is 21.3. The molecule has 0 bridgehead atoms. The van der Waals surface area contributed by atoms with Gasteiger partial charge in [-0.15, -0.1) is 0 Å². The third-order valence-corrected chi connectivity index (χ3v) is 10.1. The van der Waals surface area contributed by atoms with E-state index in [9.17, 15) is 19.5 Å². The molecule has 1 N–H and O–H groups in total. The van der Waals surface area contributed by atoms with Crippen molar-refractivity contribution < 1.29 is 39.0 Å². The first-order valence-electron chi connectivity index (χ1n) is 16.5. The van der Waals surface area contributed by atoms with Gasteiger partial charge in [-0.05, 0) is 85.6 Å². The van der Waals surface area contributed by atoms with Gasteiger partial charge in [0.2, 0.25) is 0 Å². The van der Waals surface area contributed by atoms with Crippen LogP contribution in [-0.2, 0) is 33.9 Å². The van der Waals surface area contributed by atoms with E-state index in [0.717, 1.165) is 25.7 Å². The molecule has 48 heavy (non-hydrogen) atoms. The highest BCUT2D eigenvalue weighted by molar-refractivity contribution is 5.97. The van der Waals surface area contributed by atoms with E-state index in [2.05, 4.69) is 44.2 Å². The molecule has 274 valence electrons. The zero-order valence-electron chi connectivity index (χ0n) is 28.5. The van der Waals surface area contributed by atoms with Gasteiger partial charge in [0.05, 0.1) is 11.2 Å². The minimum atomic E-state index is -1.24. The average molecular weight is 675 g/mol. The number of fused-ring (bicyclic) bond motifs is 3. The fraction of sp³-hybridized carbons (Fsp3) is 0.725. The number of rotatable bonds is 4. The van der Waals surface area contributed by atoms with E-state index >= 15 is 0 Å². The summed E-state index contributed by atoms with van der Waals surface area (Å²) >= 11 is 0. The molecule has 0 saturated heterocycles. The molecule has 2 fully saturated rings. The Bertz CT molecular complexity index is 1160. The third-order valence-electron chi connectivity index (χ3n) is 10.1. The summed E-state index contributed by atoms with van der Waals surface area (Å²) in [7, 11) is 0. The molecule has 8 heteroatoms. The van der Waals surface area contributed by atoms with Gasteiger partial charge in [-0.25, -0.2) is 19.6 Å². The highest BCUT2D eigenvalue weighted by Crippen LogP contribution is 2.49. The standard InChI is InChI=1S/C14H22O3.C13H20O4.C10H12O.3CH4/c1-13(2,3)17-16-11-9-12(15)14(4)8-6-5-7-10(11)14;1-12(2,3)17-16-10-8-11(14)13(15)7-5-4-6-9(10)13;1-10-7-3-2-4-8(10)5-6-9(10)11;;;/h5-6,10-11H,7-9H2,1-4H3;4-5,9-10,15H,6-8H2,1-3H3;2-3,5-6,8H,4,7H2,1H3;3*1H4/t10-,11-,14+;9-,10-,13-;8-,10+;;;/m111.../s1. The van der Waals surface area contributed by atoms with Crippen LogP contribution in [0.2, 0.25) is 0 Å². The normalized spacial score (nSPS) is 35.9. The van der Waals surface area contributed by atoms with Crippen LogP contribution in [0.4, 0.5) is 0 Å². The predicted octanol–water partition coefficient (Wildman–Crippen LogP) is 8.82. The molecule has 0 amide bonds. The second-order valence-electron chi connectivity index (χ2n) is 16.0. The fourth-order valence-electron chi connectivity index (χ4n) is 7.12. The van der Waals surface area contributed by atoms with Crippen molar-refractivity contribution in [1.29, 1.82) is 0 Å². The molecule has 0 unspecified atom stereocenters. The Hall–Kier alpha value is -2.23. The molecule has 6 aliphatic rings. The fourth-order valence-corrected chi connectivity index (χ4v) is 7.12. The lowest BCUT2D eigenvalue weighted by molar-refractivity contribution is -0.379. The maximum Gasteiger partial charge on any atom is 0.167 e. The summed E-state index contributed by atoms with van der Waals surface area (Å²) in [5, 5.41) is 10.3. The van der Waals surface area contributed by atoms with E-state index in [1.165, 1.54) is 0 Å². The first-order valence-corrected chi connectivity index (χ1v) is 16.5. The quantitative estimate of drug-likeness (QED) is 0.179. The van der Waals surface area contributed by atoms with Crippen LogP contribution in [0.15, 0.2) is 48.6 Å². The zero-order valence-corrected chi connectivity index (χ0v) is 28.5. The van der Waals surface area contributed by atoms with E-state index in [4.69, 9.17) is 19.6 Å². The minimum absolute atomic E-state index is 0. The summed E-state index contributed by atoms with van der Waals surface area (Å²) in [6.45, 7) is 15.6. The molecule has 0 radical (unpaired) electrons. The molecular weight excluding hydrogens is 608 g/mol. The van der Waals surface area contributed by atoms with Crippen molar-refractivity contribution in [3.63, 3.8) is 0 Å². The Balaban J connectivity index is 0.000000357. The Morgan fingerprint density at radius 3 is 1.65 bits per heavy atom. The zero-order chi connectivity index (χ0) is 33.3. The van der Waals surface area contributed by atoms with Crippen LogP contribution in [0.5, 0.6) is 0 Å². The number of aliphatic hydroxyl groups is 1. The van der Waals surface area contributed by atoms with Gasteiger partial charge >= 0.3 is 0 Å². The smallest absolute Gasteiger partial charge is 0.167 e. The molecule has 0 aromatic rings. The predicted molar refractivity (Wildman–Crippen MR) is 192 cm³/mol. The van der Waals surface area contributed by atoms with Crippen LogP contribution < -0.4 is 0 Å². The summed E-state index contributed by atoms with van der Waals surface area (Å²) in [4.78, 5) is 56.9. The van der Waals surface area contributed by atoms with Crippen molar-refractivity contribution in [2.75, 3.05) is 0 Å². The van der Waals surface area contributed by atoms with Crippen LogP contribution in [-0.4, -0.2) is 51.5 Å². The maximum atomic E-state index is 12.1. The molecule has 6 aliphatic carbocycles. The number of hydrogen-bond acceptors (Lipinski definition) is 8. The molecule has 0 aromatic heterocycles. The van der Waals surface area contributed by atoms with Gasteiger partial charge < -0.3 is 5.11 Å². The summed E-state index contributed by atoms with van der Waals surface area (Å²) in [6, 6.07) is 0. The summed E-state index contributed by atoms with van der Waals surface area (Å²) in [5.41, 5.74) is -2.29. The van der Waals surface area contributed by atoms with Crippen LogP contribution in [0.1, 0.15) is 129 Å². The Morgan fingerprint density at radius 1 is 0.646 bits per heavy atom. The van der Waals surface area contributed by atoms with E-state index in [1.807, 2.05) is 53.7 Å². The van der Waals surface area contributed by atoms with E-state index in [1.54, 1.807) is 6.08 Å². The van der Waals surface area contributed by atoms with Gasteiger partial charge in [-0.2, -0.15) is 0 Å². The van der Waals surface area contributed by atoms with E-state index < -0.39 is 11.2 Å². The molecular formula is C40H66O8. The van der Waals surface area contributed by atoms with Crippen LogP contribution in [0, 0.1) is 28.6 Å². The average Bonchev–Trinajstić information content (AvgIpc) is 3.51. The van der Waals surface area contributed by atoms with Crippen molar-refractivity contribution in [2.24, 2.45) is 28.6 Å². The molecule has 0 aliphatic heterocycles. The molecule has 8 atom stereocenters. The lowest BCUT2D eigenvalue weighted by Gasteiger charge is -2.34. The monoisotopic (exact) mass is 674 g/mol. The van der Waals surface area contributed by atoms with E-state index in [-0.39, 0.29) is 75.0 Å². The number of hydrogen-bond donors (Lipinski definition) is 1. The number of ketones is 3. The van der Waals surface area contributed by atoms with Crippen molar-refractivity contribution in [3.8, 4) is 0 Å². The summed E-state index contributed by atoms with van der Waals surface area (Å²) in [5.74, 6) is 1.06. The highest BCUT2D eigenvalue weighted by Gasteiger charge is 2.55. The number of carbonyl (C=O) groups is 3. The van der Waals surface area contributed by atoms with Gasteiger partial charge in [0, 0.05) is 41.9 Å². The van der Waals surface area contributed by atoms with E-state index in [0.29, 0.717) is 36.7 Å². The second-order valence-corrected chi connectivity index (χ2v) is 16.0. The van der Waals surface area contributed by atoms with Crippen LogP contribution >= 0.6 is 0 Å². The van der Waals surface area contributed by atoms with Gasteiger partial charge in [-0.3, -0.25) is 14.4 Å². The molecule has 0 spiro atoms. The van der Waals surface area contributed by atoms with Gasteiger partial charge in [0.15, 0.2) is 11.6 Å². The first kappa shape index (κ1) is 43.8. The number of Topliss-reactive ketones (excluding diaryl/α,β-unsaturated/α-hetero) is 2. The molecule has 2 saturated carbocycles. The Labute approximate surface area is 291 Å². The van der Waals surface area contributed by atoms with Crippen molar-refractivity contribution in [2.45, 2.75) is 158 Å². The SMILES string of the molecule is C.C.C.CC(C)(C)OO[C@@H]1CC(=O)[C@@]2(C)CC=CC[C@H]12.CC(C)(C)OO[C@@H]1CC(=O)[C@@]2(O)CC=CC[C@H]12.C[C@]12CC=CC[C@@H]1C=CC2=O. The molecule has 8 nitrogen and oxygen atoms in total. The Morgan fingerprint density at radius 2 is 1.10 bits per heavy atom. The molecule has 6 rings (SSSR count). The molecule has 0 aromatic carbocycles. The number of allylic oxidation sites excluding steroid dienone is 7. The van der Waals surface area contributed by atoms with Gasteiger partial charge in [0.25, 0.3) is 0 Å². The van der Waals surface area contributed by atoms with Crippen LogP contribution in [0.25, 0.3) is 0 Å². The van der Waals surface area contributed by atoms with Crippen LogP contribution in [0.3, 0.4) is 0 Å². The first-order chi connectivity index (χ1) is 20.9. The summed E-state index contributed by atoms with van der Waals surface area (Å²) < 4.78 is 0. The maximum absolute atomic E-state index is 12.1. The van der Waals surface area contributed by atoms with Crippen molar-refractivity contribution in [3.05, 3.63) is 48.6 Å². The minimum Gasteiger partial charge on any atom is -0.381 e. The topological polar surface area (TPSA) is 108 Å². The number of carbonyl (C=O) groups excluding carboxylic acids is 3. The van der Waals surface area contributed by atoms with Crippen molar-refractivity contribution in [1.82, 2.24) is 0 Å². The van der Waals surface area contributed by atoms with Crippen molar-refractivity contribution >= 4 is 17.3 Å². The van der Waals surface area contributed by atoms with Gasteiger partial charge in [-0.1, -0.05) is 78.7 Å². The second kappa shape index (κ2) is 16.7. The third kappa shape index (κ3) is 9.72. The Kier molecular flexibility index (Phi) is 15.2. The highest BCUT2D eigenvalue weighted by atomic mass is 17.2. The lowest BCUT2D eigenvalue weighted by Crippen LogP contribution is -2.43. The van der Waals surface area contributed by atoms with Gasteiger partial charge in [0.1, 0.15) is 23.6 Å². The lowest BCUT2D eigenvalue weighted by atomic mass is 9.71.